The SMILES string of the molecule is C=C(/C=C\C(C)C)/N=C(\CC)c1cccs1. The maximum absolute atomic E-state index is 4.56. The Morgan fingerprint density at radius 3 is 2.81 bits per heavy atom. The smallest absolute Gasteiger partial charge is 0.0579 e. The van der Waals surface area contributed by atoms with Crippen molar-refractivity contribution in [1.82, 2.24) is 0 Å². The van der Waals surface area contributed by atoms with Gasteiger partial charge in [-0.25, -0.2) is 0 Å². The monoisotopic (exact) mass is 233 g/mol. The zero-order chi connectivity index (χ0) is 12.0. The van der Waals surface area contributed by atoms with Gasteiger partial charge in [0, 0.05) is 4.88 Å². The number of aliphatic imine (C=N–C) groups is 1. The topological polar surface area (TPSA) is 12.4 Å². The quantitative estimate of drug-likeness (QED) is 0.517. The zero-order valence-corrected chi connectivity index (χ0v) is 11.1. The molecule has 0 aliphatic carbocycles. The molecule has 86 valence electrons. The van der Waals surface area contributed by atoms with Gasteiger partial charge in [-0.05, 0) is 29.9 Å². The van der Waals surface area contributed by atoms with Gasteiger partial charge in [-0.3, -0.25) is 4.99 Å². The summed E-state index contributed by atoms with van der Waals surface area (Å²) in [5, 5.41) is 2.08. The van der Waals surface area contributed by atoms with E-state index in [-0.39, 0.29) is 0 Å². The first-order valence-electron chi connectivity index (χ1n) is 5.62. The van der Waals surface area contributed by atoms with Crippen molar-refractivity contribution < 1.29 is 0 Å². The number of nitrogens with zero attached hydrogens (tertiary/aromatic N) is 1. The fourth-order valence-corrected chi connectivity index (χ4v) is 2.05. The highest BCUT2D eigenvalue weighted by Crippen LogP contribution is 2.14. The van der Waals surface area contributed by atoms with Crippen molar-refractivity contribution in [2.24, 2.45) is 10.9 Å². The molecule has 0 spiro atoms. The Hall–Kier alpha value is -1.15. The number of hydrogen-bond donors (Lipinski definition) is 0. The van der Waals surface area contributed by atoms with Crippen molar-refractivity contribution in [2.75, 3.05) is 0 Å². The molecule has 0 fully saturated rings. The molecule has 0 unspecified atom stereocenters. The summed E-state index contributed by atoms with van der Waals surface area (Å²) in [6.07, 6.45) is 5.05. The van der Waals surface area contributed by atoms with Gasteiger partial charge in [0.05, 0.1) is 11.4 Å². The molecular weight excluding hydrogens is 214 g/mol. The molecule has 0 saturated heterocycles. The van der Waals surface area contributed by atoms with Crippen LogP contribution in [0.4, 0.5) is 0 Å². The van der Waals surface area contributed by atoms with Crippen LogP contribution in [0.2, 0.25) is 0 Å². The van der Waals surface area contributed by atoms with E-state index < -0.39 is 0 Å². The lowest BCUT2D eigenvalue weighted by Gasteiger charge is -2.01. The summed E-state index contributed by atoms with van der Waals surface area (Å²) in [5.41, 5.74) is 1.95. The Labute approximate surface area is 102 Å². The van der Waals surface area contributed by atoms with E-state index in [0.29, 0.717) is 5.92 Å². The van der Waals surface area contributed by atoms with Crippen LogP contribution in [0, 0.1) is 5.92 Å². The van der Waals surface area contributed by atoms with Crippen LogP contribution in [-0.2, 0) is 0 Å². The molecule has 1 nitrogen and oxygen atoms in total. The minimum atomic E-state index is 0.541. The van der Waals surface area contributed by atoms with E-state index in [4.69, 9.17) is 0 Å². The molecule has 2 heteroatoms. The van der Waals surface area contributed by atoms with Gasteiger partial charge >= 0.3 is 0 Å². The number of thiophene rings is 1. The van der Waals surface area contributed by atoms with Crippen LogP contribution in [0.5, 0.6) is 0 Å². The van der Waals surface area contributed by atoms with Crippen LogP contribution in [0.1, 0.15) is 32.1 Å². The molecule has 0 N–H and O–H groups in total. The van der Waals surface area contributed by atoms with E-state index in [1.807, 2.05) is 6.08 Å². The van der Waals surface area contributed by atoms with E-state index >= 15 is 0 Å². The molecule has 0 radical (unpaired) electrons. The van der Waals surface area contributed by atoms with Gasteiger partial charge in [0.15, 0.2) is 0 Å². The molecule has 0 amide bonds. The minimum absolute atomic E-state index is 0.541. The Morgan fingerprint density at radius 1 is 1.56 bits per heavy atom. The highest BCUT2D eigenvalue weighted by atomic mass is 32.1. The Kier molecular flexibility index (Phi) is 5.20. The standard InChI is InChI=1S/C14H19NS/c1-5-13(14-7-6-10-16-14)15-12(4)9-8-11(2)3/h6-11H,4-5H2,1-3H3/b9-8-,15-13+. The van der Waals surface area contributed by atoms with Crippen LogP contribution < -0.4 is 0 Å². The van der Waals surface area contributed by atoms with Crippen molar-refractivity contribution in [3.05, 3.63) is 46.8 Å². The van der Waals surface area contributed by atoms with Crippen molar-refractivity contribution in [3.63, 3.8) is 0 Å². The zero-order valence-electron chi connectivity index (χ0n) is 10.2. The second-order valence-corrected chi connectivity index (χ2v) is 4.93. The second kappa shape index (κ2) is 6.44. The van der Waals surface area contributed by atoms with E-state index in [0.717, 1.165) is 17.8 Å². The summed E-state index contributed by atoms with van der Waals surface area (Å²) < 4.78 is 0. The highest BCUT2D eigenvalue weighted by Gasteiger charge is 2.01. The van der Waals surface area contributed by atoms with Crippen LogP contribution in [0.25, 0.3) is 0 Å². The summed E-state index contributed by atoms with van der Waals surface area (Å²) in [6.45, 7) is 10.4. The van der Waals surface area contributed by atoms with E-state index in [1.165, 1.54) is 4.88 Å². The molecular formula is C14H19NS. The third-order valence-electron chi connectivity index (χ3n) is 2.09. The number of rotatable bonds is 5. The van der Waals surface area contributed by atoms with Crippen molar-refractivity contribution in [1.29, 1.82) is 0 Å². The van der Waals surface area contributed by atoms with E-state index in [2.05, 4.69) is 55.9 Å². The second-order valence-electron chi connectivity index (χ2n) is 3.98. The van der Waals surface area contributed by atoms with Gasteiger partial charge in [-0.15, -0.1) is 11.3 Å². The predicted molar refractivity (Wildman–Crippen MR) is 74.3 cm³/mol. The van der Waals surface area contributed by atoms with Crippen LogP contribution in [0.15, 0.2) is 46.9 Å². The maximum Gasteiger partial charge on any atom is 0.0579 e. The molecule has 1 aromatic rings. The van der Waals surface area contributed by atoms with E-state index in [1.54, 1.807) is 11.3 Å². The lowest BCUT2D eigenvalue weighted by atomic mass is 10.2. The van der Waals surface area contributed by atoms with Gasteiger partial charge in [0.2, 0.25) is 0 Å². The lowest BCUT2D eigenvalue weighted by Crippen LogP contribution is -1.95. The third-order valence-corrected chi connectivity index (χ3v) is 3.01. The Bertz CT molecular complexity index is 383. The molecule has 1 aromatic heterocycles. The molecule has 0 aliphatic rings. The molecule has 0 saturated carbocycles. The molecule has 0 aliphatic heterocycles. The fourth-order valence-electron chi connectivity index (χ4n) is 1.27. The van der Waals surface area contributed by atoms with Gasteiger partial charge in [0.1, 0.15) is 0 Å². The first kappa shape index (κ1) is 12.9. The van der Waals surface area contributed by atoms with Gasteiger partial charge in [-0.2, -0.15) is 0 Å². The normalized spacial score (nSPS) is 12.6. The van der Waals surface area contributed by atoms with Crippen molar-refractivity contribution in [3.8, 4) is 0 Å². The average Bonchev–Trinajstić information content (AvgIpc) is 2.76. The lowest BCUT2D eigenvalue weighted by molar-refractivity contribution is 0.830. The van der Waals surface area contributed by atoms with Gasteiger partial charge in [-0.1, -0.05) is 39.5 Å². The molecule has 1 rings (SSSR count). The van der Waals surface area contributed by atoms with Crippen molar-refractivity contribution >= 4 is 17.0 Å². The molecule has 0 aromatic carbocycles. The molecule has 0 atom stereocenters. The molecule has 1 heterocycles. The van der Waals surface area contributed by atoms with E-state index in [9.17, 15) is 0 Å². The van der Waals surface area contributed by atoms with Gasteiger partial charge < -0.3 is 0 Å². The fraction of sp³-hybridized carbons (Fsp3) is 0.357. The summed E-state index contributed by atoms with van der Waals surface area (Å²) in [7, 11) is 0. The van der Waals surface area contributed by atoms with Crippen LogP contribution in [-0.4, -0.2) is 5.71 Å². The summed E-state index contributed by atoms with van der Waals surface area (Å²) >= 11 is 1.73. The number of allylic oxidation sites excluding steroid dienone is 2. The maximum atomic E-state index is 4.56. The summed E-state index contributed by atoms with van der Waals surface area (Å²) in [5.74, 6) is 0.541. The third kappa shape index (κ3) is 4.15. The van der Waals surface area contributed by atoms with Crippen LogP contribution in [0.3, 0.4) is 0 Å². The summed E-state index contributed by atoms with van der Waals surface area (Å²) in [4.78, 5) is 5.79. The van der Waals surface area contributed by atoms with Gasteiger partial charge in [0.25, 0.3) is 0 Å². The van der Waals surface area contributed by atoms with Crippen molar-refractivity contribution in [2.45, 2.75) is 27.2 Å². The largest absolute Gasteiger partial charge is 0.253 e. The summed E-state index contributed by atoms with van der Waals surface area (Å²) in [6, 6.07) is 4.16. The molecule has 0 bridgehead atoms. The predicted octanol–water partition coefficient (Wildman–Crippen LogP) is 4.67. The first-order chi connectivity index (χ1) is 7.63. The average molecular weight is 233 g/mol. The Morgan fingerprint density at radius 2 is 2.31 bits per heavy atom. The number of hydrogen-bond acceptors (Lipinski definition) is 2. The Balaban J connectivity index is 2.77. The molecule has 16 heavy (non-hydrogen) atoms. The van der Waals surface area contributed by atoms with Crippen LogP contribution >= 0.6 is 11.3 Å². The highest BCUT2D eigenvalue weighted by molar-refractivity contribution is 7.12. The minimum Gasteiger partial charge on any atom is -0.253 e. The first-order valence-corrected chi connectivity index (χ1v) is 6.50.